The van der Waals surface area contributed by atoms with Gasteiger partial charge in [0.2, 0.25) is 0 Å². The standard InChI is InChI=1S/C15H28N2O3/c1-11(2)8-15(6-4-5-7-15)10-17-14(20)16-9-12(3)13(18)19/h11-12H,4-10H2,1-3H3,(H,18,19)(H2,16,17,20). The van der Waals surface area contributed by atoms with Crippen LogP contribution in [-0.2, 0) is 4.79 Å². The Morgan fingerprint density at radius 3 is 2.25 bits per heavy atom. The molecule has 1 aliphatic rings. The van der Waals surface area contributed by atoms with Gasteiger partial charge < -0.3 is 15.7 Å². The summed E-state index contributed by atoms with van der Waals surface area (Å²) >= 11 is 0. The Balaban J connectivity index is 2.36. The summed E-state index contributed by atoms with van der Waals surface area (Å²) in [7, 11) is 0. The lowest BCUT2D eigenvalue weighted by Gasteiger charge is -2.31. The molecule has 2 amide bonds. The molecule has 0 bridgehead atoms. The topological polar surface area (TPSA) is 78.4 Å². The van der Waals surface area contributed by atoms with Crippen LogP contribution in [0.1, 0.15) is 52.9 Å². The molecule has 0 aromatic carbocycles. The van der Waals surface area contributed by atoms with Crippen molar-refractivity contribution in [1.82, 2.24) is 10.6 Å². The first kappa shape index (κ1) is 16.8. The van der Waals surface area contributed by atoms with E-state index in [0.29, 0.717) is 12.5 Å². The van der Waals surface area contributed by atoms with Crippen molar-refractivity contribution in [3.8, 4) is 0 Å². The fourth-order valence-corrected chi connectivity index (χ4v) is 3.11. The lowest BCUT2D eigenvalue weighted by Crippen LogP contribution is -2.44. The second kappa shape index (κ2) is 7.50. The van der Waals surface area contributed by atoms with E-state index >= 15 is 0 Å². The normalized spacial score (nSPS) is 18.8. The lowest BCUT2D eigenvalue weighted by atomic mass is 9.78. The molecule has 20 heavy (non-hydrogen) atoms. The Labute approximate surface area is 121 Å². The summed E-state index contributed by atoms with van der Waals surface area (Å²) in [6.45, 7) is 6.88. The van der Waals surface area contributed by atoms with Crippen LogP contribution in [0.4, 0.5) is 4.79 Å². The number of rotatable bonds is 7. The van der Waals surface area contributed by atoms with Gasteiger partial charge in [-0.05, 0) is 30.6 Å². The van der Waals surface area contributed by atoms with Crippen LogP contribution in [-0.4, -0.2) is 30.2 Å². The van der Waals surface area contributed by atoms with Gasteiger partial charge in [-0.15, -0.1) is 0 Å². The number of carboxylic acids is 1. The highest BCUT2D eigenvalue weighted by molar-refractivity contribution is 5.75. The maximum absolute atomic E-state index is 11.7. The number of urea groups is 1. The molecule has 0 spiro atoms. The van der Waals surface area contributed by atoms with Crippen LogP contribution in [0.5, 0.6) is 0 Å². The third kappa shape index (κ3) is 5.39. The van der Waals surface area contributed by atoms with Gasteiger partial charge in [-0.1, -0.05) is 33.6 Å². The molecular formula is C15H28N2O3. The Hall–Kier alpha value is -1.26. The van der Waals surface area contributed by atoms with Crippen LogP contribution in [0.3, 0.4) is 0 Å². The quantitative estimate of drug-likeness (QED) is 0.672. The second-order valence-electron chi connectivity index (χ2n) is 6.61. The largest absolute Gasteiger partial charge is 0.481 e. The SMILES string of the molecule is CC(C)CC1(CNC(=O)NCC(C)C(=O)O)CCCC1. The molecule has 0 radical (unpaired) electrons. The van der Waals surface area contributed by atoms with E-state index in [9.17, 15) is 9.59 Å². The molecule has 1 atom stereocenters. The van der Waals surface area contributed by atoms with Crippen LogP contribution in [0, 0.1) is 17.3 Å². The summed E-state index contributed by atoms with van der Waals surface area (Å²) < 4.78 is 0. The van der Waals surface area contributed by atoms with Crippen molar-refractivity contribution in [3.05, 3.63) is 0 Å². The summed E-state index contributed by atoms with van der Waals surface area (Å²) in [6, 6.07) is -0.256. The van der Waals surface area contributed by atoms with Gasteiger partial charge in [0.1, 0.15) is 0 Å². The Kier molecular flexibility index (Phi) is 6.30. The van der Waals surface area contributed by atoms with E-state index in [4.69, 9.17) is 5.11 Å². The maximum atomic E-state index is 11.7. The smallest absolute Gasteiger partial charge is 0.314 e. The van der Waals surface area contributed by atoms with Crippen LogP contribution in [0.2, 0.25) is 0 Å². The average molecular weight is 284 g/mol. The van der Waals surface area contributed by atoms with E-state index in [1.54, 1.807) is 6.92 Å². The molecule has 0 heterocycles. The van der Waals surface area contributed by atoms with Crippen molar-refractivity contribution in [3.63, 3.8) is 0 Å². The summed E-state index contributed by atoms with van der Waals surface area (Å²) in [6.07, 6.45) is 5.98. The van der Waals surface area contributed by atoms with E-state index in [2.05, 4.69) is 24.5 Å². The summed E-state index contributed by atoms with van der Waals surface area (Å²) in [4.78, 5) is 22.4. The van der Waals surface area contributed by atoms with Crippen LogP contribution < -0.4 is 10.6 Å². The lowest BCUT2D eigenvalue weighted by molar-refractivity contribution is -0.140. The average Bonchev–Trinajstić information content (AvgIpc) is 2.81. The summed E-state index contributed by atoms with van der Waals surface area (Å²) in [5.74, 6) is -0.820. The van der Waals surface area contributed by atoms with Crippen LogP contribution in [0.15, 0.2) is 0 Å². The van der Waals surface area contributed by atoms with Crippen molar-refractivity contribution in [2.75, 3.05) is 13.1 Å². The van der Waals surface area contributed by atoms with E-state index in [1.807, 2.05) is 0 Å². The fourth-order valence-electron chi connectivity index (χ4n) is 3.11. The van der Waals surface area contributed by atoms with Crippen molar-refractivity contribution in [1.29, 1.82) is 0 Å². The third-order valence-corrected chi connectivity index (χ3v) is 4.12. The van der Waals surface area contributed by atoms with Gasteiger partial charge in [0.25, 0.3) is 0 Å². The maximum Gasteiger partial charge on any atom is 0.314 e. The second-order valence-corrected chi connectivity index (χ2v) is 6.61. The highest BCUT2D eigenvalue weighted by atomic mass is 16.4. The highest BCUT2D eigenvalue weighted by Crippen LogP contribution is 2.42. The third-order valence-electron chi connectivity index (χ3n) is 4.12. The van der Waals surface area contributed by atoms with Crippen molar-refractivity contribution in [2.45, 2.75) is 52.9 Å². The van der Waals surface area contributed by atoms with Gasteiger partial charge in [-0.3, -0.25) is 4.79 Å². The molecule has 5 nitrogen and oxygen atoms in total. The molecule has 5 heteroatoms. The number of amides is 2. The predicted octanol–water partition coefficient (Wildman–Crippen LogP) is 2.61. The van der Waals surface area contributed by atoms with Gasteiger partial charge >= 0.3 is 12.0 Å². The zero-order valence-electron chi connectivity index (χ0n) is 12.9. The monoisotopic (exact) mass is 284 g/mol. The highest BCUT2D eigenvalue weighted by Gasteiger charge is 2.34. The number of carboxylic acid groups (broad SMARTS) is 1. The number of nitrogens with one attached hydrogen (secondary N) is 2. The van der Waals surface area contributed by atoms with E-state index < -0.39 is 11.9 Å². The van der Waals surface area contributed by atoms with Crippen molar-refractivity contribution < 1.29 is 14.7 Å². The first-order valence-corrected chi connectivity index (χ1v) is 7.59. The minimum absolute atomic E-state index is 0.165. The summed E-state index contributed by atoms with van der Waals surface area (Å²) in [5, 5.41) is 14.3. The first-order chi connectivity index (χ1) is 9.34. The first-order valence-electron chi connectivity index (χ1n) is 7.59. The van der Waals surface area contributed by atoms with Gasteiger partial charge in [0.05, 0.1) is 5.92 Å². The molecule has 0 aromatic rings. The van der Waals surface area contributed by atoms with Crippen molar-refractivity contribution in [2.24, 2.45) is 17.3 Å². The number of carbonyl (C=O) groups excluding carboxylic acids is 1. The van der Waals surface area contributed by atoms with Gasteiger partial charge in [-0.2, -0.15) is 0 Å². The molecule has 1 rings (SSSR count). The van der Waals surface area contributed by atoms with Crippen LogP contribution in [0.25, 0.3) is 0 Å². The van der Waals surface area contributed by atoms with Gasteiger partial charge in [-0.25, -0.2) is 4.79 Å². The van der Waals surface area contributed by atoms with Crippen molar-refractivity contribution >= 4 is 12.0 Å². The van der Waals surface area contributed by atoms with Gasteiger partial charge in [0, 0.05) is 13.1 Å². The Morgan fingerprint density at radius 1 is 1.15 bits per heavy atom. The molecule has 116 valence electrons. The van der Waals surface area contributed by atoms with E-state index in [-0.39, 0.29) is 18.0 Å². The number of aliphatic carboxylic acids is 1. The molecule has 1 saturated carbocycles. The summed E-state index contributed by atoms with van der Waals surface area (Å²) in [5.41, 5.74) is 0.240. The molecule has 0 aromatic heterocycles. The number of carbonyl (C=O) groups is 2. The molecule has 0 saturated heterocycles. The molecule has 0 aliphatic heterocycles. The molecule has 1 aliphatic carbocycles. The Morgan fingerprint density at radius 2 is 1.75 bits per heavy atom. The molecule has 3 N–H and O–H groups in total. The minimum Gasteiger partial charge on any atom is -0.481 e. The Bertz CT molecular complexity index is 336. The minimum atomic E-state index is -0.891. The van der Waals surface area contributed by atoms with E-state index in [1.165, 1.54) is 25.7 Å². The molecular weight excluding hydrogens is 256 g/mol. The number of hydrogen-bond donors (Lipinski definition) is 3. The predicted molar refractivity (Wildman–Crippen MR) is 78.6 cm³/mol. The van der Waals surface area contributed by atoms with E-state index in [0.717, 1.165) is 6.42 Å². The molecule has 1 fully saturated rings. The van der Waals surface area contributed by atoms with Gasteiger partial charge in [0.15, 0.2) is 0 Å². The molecule has 1 unspecified atom stereocenters. The number of hydrogen-bond acceptors (Lipinski definition) is 2. The van der Waals surface area contributed by atoms with Crippen LogP contribution >= 0.6 is 0 Å². The fraction of sp³-hybridized carbons (Fsp3) is 0.867. The zero-order valence-corrected chi connectivity index (χ0v) is 12.9. The zero-order chi connectivity index (χ0) is 15.2.